The van der Waals surface area contributed by atoms with Crippen LogP contribution < -0.4 is 5.32 Å². The number of carbonyl (C=O) groups excluding carboxylic acids is 4. The van der Waals surface area contributed by atoms with Gasteiger partial charge in [-0.3, -0.25) is 14.4 Å². The topological polar surface area (TPSA) is 108 Å². The van der Waals surface area contributed by atoms with E-state index in [2.05, 4.69) is 14.8 Å². The van der Waals surface area contributed by atoms with E-state index < -0.39 is 41.7 Å². The van der Waals surface area contributed by atoms with Crippen molar-refractivity contribution in [3.8, 4) is 0 Å². The minimum absolute atomic E-state index is 0.344. The van der Waals surface area contributed by atoms with Crippen molar-refractivity contribution in [2.24, 2.45) is 11.8 Å². The average Bonchev–Trinajstić information content (AvgIpc) is 2.75. The Morgan fingerprint density at radius 3 is 1.93 bits per heavy atom. The molecule has 0 spiro atoms. The van der Waals surface area contributed by atoms with Gasteiger partial charge in [-0.05, 0) is 16.8 Å². The third kappa shape index (κ3) is 4.71. The second-order valence-corrected chi connectivity index (χ2v) is 6.38. The number of nitrogens with one attached hydrogen (secondary N) is 1. The molecule has 8 nitrogen and oxygen atoms in total. The molecule has 8 heteroatoms. The summed E-state index contributed by atoms with van der Waals surface area (Å²) in [5, 5.41) is 4.13. The smallest absolute Gasteiger partial charge is 0.328 e. The highest BCUT2D eigenvalue weighted by molar-refractivity contribution is 6.08. The van der Waals surface area contributed by atoms with E-state index in [1.807, 2.05) is 18.2 Å². The van der Waals surface area contributed by atoms with Crippen molar-refractivity contribution >= 4 is 34.6 Å². The van der Waals surface area contributed by atoms with E-state index >= 15 is 0 Å². The summed E-state index contributed by atoms with van der Waals surface area (Å²) in [4.78, 5) is 49.5. The van der Waals surface area contributed by atoms with Crippen LogP contribution in [0.1, 0.15) is 17.3 Å². The largest absolute Gasteiger partial charge is 0.468 e. The number of rotatable bonds is 7. The van der Waals surface area contributed by atoms with E-state index in [-0.39, 0.29) is 0 Å². The van der Waals surface area contributed by atoms with E-state index in [4.69, 9.17) is 4.74 Å². The van der Waals surface area contributed by atoms with Gasteiger partial charge in [-0.2, -0.15) is 0 Å². The molecule has 0 aliphatic carbocycles. The Bertz CT molecular complexity index is 903. The minimum atomic E-state index is -1.41. The highest BCUT2D eigenvalue weighted by atomic mass is 16.5. The Balaban J connectivity index is 2.39. The lowest BCUT2D eigenvalue weighted by molar-refractivity contribution is -0.162. The van der Waals surface area contributed by atoms with Gasteiger partial charge in [0.15, 0.2) is 5.92 Å². The predicted octanol–water partition coefficient (Wildman–Crippen LogP) is 1.71. The number of esters is 3. The zero-order chi connectivity index (χ0) is 21.6. The van der Waals surface area contributed by atoms with Gasteiger partial charge in [-0.1, -0.05) is 43.3 Å². The minimum Gasteiger partial charge on any atom is -0.468 e. The van der Waals surface area contributed by atoms with Crippen LogP contribution in [-0.4, -0.2) is 51.2 Å². The molecule has 2 aromatic rings. The molecule has 2 rings (SSSR count). The van der Waals surface area contributed by atoms with Crippen molar-refractivity contribution < 1.29 is 33.4 Å². The number of benzene rings is 2. The van der Waals surface area contributed by atoms with E-state index in [9.17, 15) is 19.2 Å². The van der Waals surface area contributed by atoms with Crippen molar-refractivity contribution in [2.45, 2.75) is 13.0 Å². The summed E-state index contributed by atoms with van der Waals surface area (Å²) < 4.78 is 14.1. The molecule has 0 aliphatic rings. The summed E-state index contributed by atoms with van der Waals surface area (Å²) >= 11 is 0. The molecule has 0 heterocycles. The van der Waals surface area contributed by atoms with Gasteiger partial charge in [-0.15, -0.1) is 0 Å². The Labute approximate surface area is 168 Å². The normalized spacial score (nSPS) is 12.7. The zero-order valence-electron chi connectivity index (χ0n) is 16.6. The first-order chi connectivity index (χ1) is 13.8. The van der Waals surface area contributed by atoms with Crippen molar-refractivity contribution in [1.82, 2.24) is 5.32 Å². The van der Waals surface area contributed by atoms with E-state index in [0.717, 1.165) is 26.7 Å². The van der Waals surface area contributed by atoms with Crippen LogP contribution in [-0.2, 0) is 28.6 Å². The molecule has 0 saturated carbocycles. The molecular weight excluding hydrogens is 378 g/mol. The van der Waals surface area contributed by atoms with Gasteiger partial charge in [0.1, 0.15) is 6.04 Å². The summed E-state index contributed by atoms with van der Waals surface area (Å²) in [6.45, 7) is 1.46. The van der Waals surface area contributed by atoms with Crippen molar-refractivity contribution in [2.75, 3.05) is 21.3 Å². The second kappa shape index (κ2) is 9.68. The fourth-order valence-electron chi connectivity index (χ4n) is 3.15. The Morgan fingerprint density at radius 2 is 1.34 bits per heavy atom. The molecule has 1 N–H and O–H groups in total. The number of methoxy groups -OCH3 is 3. The van der Waals surface area contributed by atoms with Crippen LogP contribution >= 0.6 is 0 Å². The molecule has 0 fully saturated rings. The molecule has 0 unspecified atom stereocenters. The van der Waals surface area contributed by atoms with E-state index in [0.29, 0.717) is 10.9 Å². The summed E-state index contributed by atoms with van der Waals surface area (Å²) in [7, 11) is 3.39. The maximum Gasteiger partial charge on any atom is 0.328 e. The highest BCUT2D eigenvalue weighted by Crippen LogP contribution is 2.22. The van der Waals surface area contributed by atoms with Gasteiger partial charge in [0.25, 0.3) is 5.91 Å². The fraction of sp³-hybridized carbons (Fsp3) is 0.333. The zero-order valence-corrected chi connectivity index (χ0v) is 16.6. The molecule has 0 bridgehead atoms. The summed E-state index contributed by atoms with van der Waals surface area (Å²) in [6.07, 6.45) is 0. The molecule has 0 saturated heterocycles. The fourth-order valence-corrected chi connectivity index (χ4v) is 3.15. The monoisotopic (exact) mass is 401 g/mol. The van der Waals surface area contributed by atoms with Crippen molar-refractivity contribution in [1.29, 1.82) is 0 Å². The maximum atomic E-state index is 12.9. The summed E-state index contributed by atoms with van der Waals surface area (Å²) in [6, 6.07) is 11.2. The molecule has 2 atom stereocenters. The standard InChI is InChI=1S/C21H23NO7/c1-12(16(19(24)27-2)20(25)28-3)17(21(26)29-4)22-18(23)15-11-7-9-13-8-5-6-10-14(13)15/h5-12,16-17H,1-4H3,(H,22,23)/t12-,17+/m1/s1. The highest BCUT2D eigenvalue weighted by Gasteiger charge is 2.42. The van der Waals surface area contributed by atoms with Crippen LogP contribution in [0.5, 0.6) is 0 Å². The molecule has 0 aliphatic heterocycles. The number of ether oxygens (including phenoxy) is 3. The van der Waals surface area contributed by atoms with Gasteiger partial charge in [0.2, 0.25) is 0 Å². The van der Waals surface area contributed by atoms with Crippen molar-refractivity contribution in [3.05, 3.63) is 48.0 Å². The lowest BCUT2D eigenvalue weighted by atomic mass is 9.87. The van der Waals surface area contributed by atoms with Crippen LogP contribution in [0.4, 0.5) is 0 Å². The second-order valence-electron chi connectivity index (χ2n) is 6.38. The SMILES string of the molecule is COC(=O)C(C(=O)OC)[C@@H](C)[C@H](NC(=O)c1cccc2ccccc12)C(=O)OC. The molecule has 29 heavy (non-hydrogen) atoms. The van der Waals surface area contributed by atoms with Gasteiger partial charge in [0, 0.05) is 11.5 Å². The number of carbonyl (C=O) groups is 4. The van der Waals surface area contributed by atoms with E-state index in [1.54, 1.807) is 24.3 Å². The molecule has 2 aromatic carbocycles. The summed E-state index contributed by atoms with van der Waals surface area (Å²) in [5.41, 5.74) is 0.344. The quantitative estimate of drug-likeness (QED) is 0.427. The third-order valence-corrected chi connectivity index (χ3v) is 4.74. The first kappa shape index (κ1) is 21.9. The van der Waals surface area contributed by atoms with Crippen LogP contribution in [0.15, 0.2) is 42.5 Å². The average molecular weight is 401 g/mol. The third-order valence-electron chi connectivity index (χ3n) is 4.74. The molecule has 154 valence electrons. The Morgan fingerprint density at radius 1 is 0.793 bits per heavy atom. The van der Waals surface area contributed by atoms with Crippen LogP contribution in [0.2, 0.25) is 0 Å². The van der Waals surface area contributed by atoms with E-state index in [1.165, 1.54) is 6.92 Å². The molecule has 0 radical (unpaired) electrons. The first-order valence-electron chi connectivity index (χ1n) is 8.87. The molecule has 1 amide bonds. The number of fused-ring (bicyclic) bond motifs is 1. The molecule has 0 aromatic heterocycles. The van der Waals surface area contributed by atoms with Crippen molar-refractivity contribution in [3.63, 3.8) is 0 Å². The lowest BCUT2D eigenvalue weighted by Gasteiger charge is -2.27. The predicted molar refractivity (Wildman–Crippen MR) is 104 cm³/mol. The number of hydrogen-bond acceptors (Lipinski definition) is 7. The summed E-state index contributed by atoms with van der Waals surface area (Å²) in [5.74, 6) is -5.50. The van der Waals surface area contributed by atoms with Crippen LogP contribution in [0.3, 0.4) is 0 Å². The number of amides is 1. The van der Waals surface area contributed by atoms with Gasteiger partial charge < -0.3 is 19.5 Å². The molecular formula is C21H23NO7. The van der Waals surface area contributed by atoms with Crippen LogP contribution in [0, 0.1) is 11.8 Å². The lowest BCUT2D eigenvalue weighted by Crippen LogP contribution is -2.51. The van der Waals surface area contributed by atoms with Gasteiger partial charge in [-0.25, -0.2) is 4.79 Å². The van der Waals surface area contributed by atoms with Gasteiger partial charge in [0.05, 0.1) is 21.3 Å². The van der Waals surface area contributed by atoms with Gasteiger partial charge >= 0.3 is 17.9 Å². The first-order valence-corrected chi connectivity index (χ1v) is 8.87. The Hall–Kier alpha value is -3.42. The van der Waals surface area contributed by atoms with Crippen LogP contribution in [0.25, 0.3) is 10.8 Å². The maximum absolute atomic E-state index is 12.9. The Kier molecular flexibility index (Phi) is 7.30. The number of hydrogen-bond donors (Lipinski definition) is 1.